The number of hydrogen-bond acceptors (Lipinski definition) is 6. The molecule has 1 N–H and O–H groups in total. The van der Waals surface area contributed by atoms with Crippen LogP contribution in [-0.2, 0) is 16.6 Å². The summed E-state index contributed by atoms with van der Waals surface area (Å²) in [6.45, 7) is 6.22. The monoisotopic (exact) mass is 400 g/mol. The molecule has 3 rings (SSSR count). The lowest BCUT2D eigenvalue weighted by Gasteiger charge is -2.17. The minimum Gasteiger partial charge on any atom is -0.491 e. The number of rotatable bonds is 7. The lowest BCUT2D eigenvalue weighted by atomic mass is 10.2. The van der Waals surface area contributed by atoms with E-state index in [1.54, 1.807) is 0 Å². The molecule has 2 heterocycles. The van der Waals surface area contributed by atoms with Gasteiger partial charge in [-0.25, -0.2) is 18.1 Å². The molecule has 0 bridgehead atoms. The van der Waals surface area contributed by atoms with Crippen molar-refractivity contribution < 1.29 is 13.2 Å². The molecule has 0 unspecified atom stereocenters. The van der Waals surface area contributed by atoms with Gasteiger partial charge < -0.3 is 4.74 Å². The third-order valence-electron chi connectivity index (χ3n) is 4.46. The van der Waals surface area contributed by atoms with Crippen LogP contribution in [-0.4, -0.2) is 43.5 Å². The Hall–Kier alpha value is -2.47. The number of ether oxygens (including phenoxy) is 1. The summed E-state index contributed by atoms with van der Waals surface area (Å²) in [7, 11) is -3.65. The van der Waals surface area contributed by atoms with E-state index >= 15 is 0 Å². The number of benzene rings is 1. The topological polar surface area (TPSA) is 95.3 Å². The molecule has 0 saturated carbocycles. The number of nitrogens with one attached hydrogen (secondary N) is 1. The molecule has 1 saturated heterocycles. The van der Waals surface area contributed by atoms with Gasteiger partial charge in [-0.3, -0.25) is 4.90 Å². The minimum absolute atomic E-state index is 0.0747. The highest BCUT2D eigenvalue weighted by Gasteiger charge is 2.27. The average molecular weight is 401 g/mol. The predicted molar refractivity (Wildman–Crippen MR) is 105 cm³/mol. The second-order valence-electron chi connectivity index (χ2n) is 7.14. The fourth-order valence-electron chi connectivity index (χ4n) is 3.17. The zero-order valence-corrected chi connectivity index (χ0v) is 16.8. The molecule has 1 fully saturated rings. The highest BCUT2D eigenvalue weighted by molar-refractivity contribution is 7.89. The van der Waals surface area contributed by atoms with Crippen LogP contribution < -0.4 is 9.46 Å². The van der Waals surface area contributed by atoms with Crippen LogP contribution in [0.15, 0.2) is 47.5 Å². The van der Waals surface area contributed by atoms with Crippen molar-refractivity contribution in [3.63, 3.8) is 0 Å². The molecule has 1 atom stereocenters. The predicted octanol–water partition coefficient (Wildman–Crippen LogP) is 2.29. The van der Waals surface area contributed by atoms with Crippen LogP contribution >= 0.6 is 0 Å². The zero-order valence-electron chi connectivity index (χ0n) is 16.0. The van der Waals surface area contributed by atoms with Crippen molar-refractivity contribution in [2.45, 2.75) is 43.9 Å². The van der Waals surface area contributed by atoms with Gasteiger partial charge >= 0.3 is 0 Å². The number of aromatic nitrogens is 1. The van der Waals surface area contributed by atoms with Crippen molar-refractivity contribution in [2.75, 3.05) is 13.1 Å². The van der Waals surface area contributed by atoms with Gasteiger partial charge in [-0.2, -0.15) is 5.26 Å². The van der Waals surface area contributed by atoms with Gasteiger partial charge in [-0.05, 0) is 50.1 Å². The van der Waals surface area contributed by atoms with E-state index in [-0.39, 0.29) is 22.7 Å². The van der Waals surface area contributed by atoms with Crippen LogP contribution in [0.2, 0.25) is 0 Å². The Morgan fingerprint density at radius 2 is 2.04 bits per heavy atom. The molecule has 7 nitrogen and oxygen atoms in total. The molecule has 0 spiro atoms. The van der Waals surface area contributed by atoms with Crippen LogP contribution in [0.25, 0.3) is 0 Å². The number of hydrogen-bond donors (Lipinski definition) is 1. The fraction of sp³-hybridized carbons (Fsp3) is 0.400. The lowest BCUT2D eigenvalue weighted by Crippen LogP contribution is -2.37. The second-order valence-corrected chi connectivity index (χ2v) is 8.86. The largest absolute Gasteiger partial charge is 0.491 e. The van der Waals surface area contributed by atoms with E-state index in [9.17, 15) is 8.42 Å². The van der Waals surface area contributed by atoms with Crippen LogP contribution in [0.1, 0.15) is 31.5 Å². The Morgan fingerprint density at radius 1 is 1.29 bits per heavy atom. The molecule has 2 aromatic rings. The highest BCUT2D eigenvalue weighted by atomic mass is 32.2. The van der Waals surface area contributed by atoms with Gasteiger partial charge in [0.1, 0.15) is 22.4 Å². The maximum Gasteiger partial charge on any atom is 0.242 e. The quantitative estimate of drug-likeness (QED) is 0.766. The van der Waals surface area contributed by atoms with E-state index < -0.39 is 10.0 Å². The van der Waals surface area contributed by atoms with Crippen molar-refractivity contribution in [3.05, 3.63) is 53.9 Å². The number of nitriles is 1. The third kappa shape index (κ3) is 5.29. The van der Waals surface area contributed by atoms with E-state index in [0.717, 1.165) is 30.8 Å². The second kappa shape index (κ2) is 8.69. The first kappa shape index (κ1) is 20.3. The van der Waals surface area contributed by atoms with Crippen molar-refractivity contribution in [2.24, 2.45) is 0 Å². The molecule has 1 aromatic carbocycles. The molecule has 1 aliphatic heterocycles. The molecular formula is C20H24N4O3S. The summed E-state index contributed by atoms with van der Waals surface area (Å²) in [5.74, 6) is 0.849. The number of sulfonamides is 1. The Balaban J connectivity index is 1.55. The smallest absolute Gasteiger partial charge is 0.242 e. The minimum atomic E-state index is -3.65. The van der Waals surface area contributed by atoms with Gasteiger partial charge in [-0.1, -0.05) is 12.1 Å². The molecule has 28 heavy (non-hydrogen) atoms. The van der Waals surface area contributed by atoms with Gasteiger partial charge in [0, 0.05) is 31.9 Å². The molecule has 0 amide bonds. The van der Waals surface area contributed by atoms with E-state index in [2.05, 4.69) is 14.6 Å². The lowest BCUT2D eigenvalue weighted by molar-refractivity contribution is 0.242. The molecule has 8 heteroatoms. The van der Waals surface area contributed by atoms with Crippen molar-refractivity contribution in [1.82, 2.24) is 14.6 Å². The first-order chi connectivity index (χ1) is 13.4. The summed E-state index contributed by atoms with van der Waals surface area (Å²) < 4.78 is 33.4. The van der Waals surface area contributed by atoms with Crippen LogP contribution in [0.5, 0.6) is 5.75 Å². The summed E-state index contributed by atoms with van der Waals surface area (Å²) >= 11 is 0. The van der Waals surface area contributed by atoms with Crippen molar-refractivity contribution in [3.8, 4) is 11.8 Å². The molecule has 0 radical (unpaired) electrons. The SMILES string of the molecule is CC(C)Oc1ccc(CN2CC[C@@H](NS(=O)(=O)c3ccc(C#N)nc3)C2)cc1. The van der Waals surface area contributed by atoms with Crippen molar-refractivity contribution >= 4 is 10.0 Å². The molecule has 1 aliphatic rings. The standard InChI is InChI=1S/C20H24N4O3S/c1-15(2)27-19-6-3-16(4-7-19)13-24-10-9-18(14-24)23-28(25,26)20-8-5-17(11-21)22-12-20/h3-8,12,15,18,23H,9-10,13-14H2,1-2H3/t18-/m1/s1. The number of likely N-dealkylation sites (tertiary alicyclic amines) is 1. The van der Waals surface area contributed by atoms with Crippen LogP contribution in [0.3, 0.4) is 0 Å². The average Bonchev–Trinajstić information content (AvgIpc) is 3.09. The summed E-state index contributed by atoms with van der Waals surface area (Å²) in [6.07, 6.45) is 2.11. The Bertz CT molecular complexity index is 935. The van der Waals surface area contributed by atoms with E-state index in [1.165, 1.54) is 18.3 Å². The van der Waals surface area contributed by atoms with Gasteiger partial charge in [-0.15, -0.1) is 0 Å². The Kier molecular flexibility index (Phi) is 6.29. The maximum absolute atomic E-state index is 12.5. The van der Waals surface area contributed by atoms with E-state index in [1.807, 2.05) is 44.2 Å². The zero-order chi connectivity index (χ0) is 20.1. The van der Waals surface area contributed by atoms with Crippen LogP contribution in [0.4, 0.5) is 0 Å². The van der Waals surface area contributed by atoms with Gasteiger partial charge in [0.25, 0.3) is 0 Å². The Morgan fingerprint density at radius 3 is 2.64 bits per heavy atom. The van der Waals surface area contributed by atoms with Crippen LogP contribution in [0, 0.1) is 11.3 Å². The van der Waals surface area contributed by atoms with E-state index in [0.29, 0.717) is 6.54 Å². The Labute approximate surface area is 166 Å². The summed E-state index contributed by atoms with van der Waals surface area (Å²) in [4.78, 5) is 6.13. The maximum atomic E-state index is 12.5. The molecule has 148 valence electrons. The van der Waals surface area contributed by atoms with Gasteiger partial charge in [0.15, 0.2) is 0 Å². The van der Waals surface area contributed by atoms with Gasteiger partial charge in [0.2, 0.25) is 10.0 Å². The summed E-state index contributed by atoms with van der Waals surface area (Å²) in [6, 6.07) is 12.5. The van der Waals surface area contributed by atoms with Crippen molar-refractivity contribution in [1.29, 1.82) is 5.26 Å². The molecule has 1 aromatic heterocycles. The van der Waals surface area contributed by atoms with Gasteiger partial charge in [0.05, 0.1) is 6.10 Å². The summed E-state index contributed by atoms with van der Waals surface area (Å²) in [5.41, 5.74) is 1.35. The highest BCUT2D eigenvalue weighted by Crippen LogP contribution is 2.19. The fourth-order valence-corrected chi connectivity index (χ4v) is 4.38. The number of nitrogens with zero attached hydrogens (tertiary/aromatic N) is 3. The molecular weight excluding hydrogens is 376 g/mol. The third-order valence-corrected chi connectivity index (χ3v) is 5.96. The molecule has 0 aliphatic carbocycles. The number of pyridine rings is 1. The van der Waals surface area contributed by atoms with E-state index in [4.69, 9.17) is 10.00 Å². The normalized spacial score (nSPS) is 17.6. The summed E-state index contributed by atoms with van der Waals surface area (Å²) in [5, 5.41) is 8.77. The first-order valence-electron chi connectivity index (χ1n) is 9.22. The first-order valence-corrected chi connectivity index (χ1v) is 10.7.